The van der Waals surface area contributed by atoms with Gasteiger partial charge in [-0.15, -0.1) is 0 Å². The van der Waals surface area contributed by atoms with Crippen LogP contribution in [0.1, 0.15) is 42.0 Å². The van der Waals surface area contributed by atoms with Crippen LogP contribution in [-0.2, 0) is 6.61 Å². The number of hydrogen-bond acceptors (Lipinski definition) is 1. The Hall–Kier alpha value is -0.820. The Morgan fingerprint density at radius 2 is 1.77 bits per heavy atom. The standard InChI is InChI=1S/C12H18O/c1-8(2)12-6-11(7-13)9(3)5-10(12)4/h5-6,8,13H,7H2,1-4H3. The van der Waals surface area contributed by atoms with Crippen molar-refractivity contribution in [3.05, 3.63) is 34.4 Å². The molecule has 0 aromatic heterocycles. The predicted molar refractivity (Wildman–Crippen MR) is 55.9 cm³/mol. The average molecular weight is 178 g/mol. The van der Waals surface area contributed by atoms with Gasteiger partial charge in [-0.1, -0.05) is 26.0 Å². The van der Waals surface area contributed by atoms with E-state index in [0.717, 1.165) is 5.56 Å². The third-order valence-electron chi connectivity index (χ3n) is 2.52. The van der Waals surface area contributed by atoms with Crippen molar-refractivity contribution in [2.24, 2.45) is 0 Å². The highest BCUT2D eigenvalue weighted by Crippen LogP contribution is 2.22. The van der Waals surface area contributed by atoms with Crippen LogP contribution in [0.2, 0.25) is 0 Å². The summed E-state index contributed by atoms with van der Waals surface area (Å²) in [4.78, 5) is 0. The molecule has 0 saturated carbocycles. The third-order valence-corrected chi connectivity index (χ3v) is 2.52. The Morgan fingerprint density at radius 3 is 2.23 bits per heavy atom. The quantitative estimate of drug-likeness (QED) is 0.738. The highest BCUT2D eigenvalue weighted by molar-refractivity contribution is 5.38. The minimum Gasteiger partial charge on any atom is -0.392 e. The van der Waals surface area contributed by atoms with Crippen molar-refractivity contribution in [2.45, 2.75) is 40.2 Å². The van der Waals surface area contributed by atoms with Crippen molar-refractivity contribution in [1.82, 2.24) is 0 Å². The smallest absolute Gasteiger partial charge is 0.0684 e. The molecule has 1 rings (SSSR count). The summed E-state index contributed by atoms with van der Waals surface area (Å²) in [5.74, 6) is 0.533. The molecule has 0 unspecified atom stereocenters. The molecule has 0 aliphatic heterocycles. The lowest BCUT2D eigenvalue weighted by Gasteiger charge is -2.13. The summed E-state index contributed by atoms with van der Waals surface area (Å²) in [5.41, 5.74) is 4.90. The normalized spacial score (nSPS) is 10.9. The second-order valence-electron chi connectivity index (χ2n) is 3.95. The van der Waals surface area contributed by atoms with E-state index in [9.17, 15) is 0 Å². The van der Waals surface area contributed by atoms with Crippen molar-refractivity contribution >= 4 is 0 Å². The number of hydrogen-bond donors (Lipinski definition) is 1. The van der Waals surface area contributed by atoms with Gasteiger partial charge in [-0.3, -0.25) is 0 Å². The number of rotatable bonds is 2. The first-order valence-electron chi connectivity index (χ1n) is 4.77. The largest absolute Gasteiger partial charge is 0.392 e. The number of aliphatic hydroxyl groups is 1. The summed E-state index contributed by atoms with van der Waals surface area (Å²) >= 11 is 0. The van der Waals surface area contributed by atoms with Gasteiger partial charge >= 0.3 is 0 Å². The van der Waals surface area contributed by atoms with Crippen LogP contribution in [0.4, 0.5) is 0 Å². The van der Waals surface area contributed by atoms with Crippen LogP contribution in [0.15, 0.2) is 12.1 Å². The first kappa shape index (κ1) is 10.3. The maximum atomic E-state index is 9.12. The van der Waals surface area contributed by atoms with Crippen LogP contribution >= 0.6 is 0 Å². The molecule has 1 aromatic rings. The number of benzene rings is 1. The van der Waals surface area contributed by atoms with Crippen molar-refractivity contribution in [2.75, 3.05) is 0 Å². The molecule has 0 bridgehead atoms. The van der Waals surface area contributed by atoms with E-state index in [1.807, 2.05) is 6.92 Å². The molecular formula is C12H18O. The van der Waals surface area contributed by atoms with Crippen molar-refractivity contribution in [1.29, 1.82) is 0 Å². The molecule has 0 spiro atoms. The predicted octanol–water partition coefficient (Wildman–Crippen LogP) is 2.92. The minimum atomic E-state index is 0.145. The fraction of sp³-hybridized carbons (Fsp3) is 0.500. The highest BCUT2D eigenvalue weighted by atomic mass is 16.3. The van der Waals surface area contributed by atoms with Crippen molar-refractivity contribution < 1.29 is 5.11 Å². The van der Waals surface area contributed by atoms with Crippen molar-refractivity contribution in [3.8, 4) is 0 Å². The van der Waals surface area contributed by atoms with Crippen LogP contribution in [0.3, 0.4) is 0 Å². The molecule has 1 aromatic carbocycles. The third kappa shape index (κ3) is 2.10. The molecule has 72 valence electrons. The van der Waals surface area contributed by atoms with E-state index in [-0.39, 0.29) is 6.61 Å². The molecule has 13 heavy (non-hydrogen) atoms. The maximum absolute atomic E-state index is 9.12. The summed E-state index contributed by atoms with van der Waals surface area (Å²) in [6.07, 6.45) is 0. The van der Waals surface area contributed by atoms with E-state index in [2.05, 4.69) is 32.9 Å². The average Bonchev–Trinajstić information content (AvgIpc) is 2.03. The monoisotopic (exact) mass is 178 g/mol. The SMILES string of the molecule is Cc1cc(C)c(C(C)C)cc1CO. The van der Waals surface area contributed by atoms with E-state index in [0.29, 0.717) is 5.92 Å². The molecule has 0 amide bonds. The summed E-state index contributed by atoms with van der Waals surface area (Å²) in [6.45, 7) is 8.68. The Bertz CT molecular complexity index is 300. The maximum Gasteiger partial charge on any atom is 0.0684 e. The number of aliphatic hydroxyl groups excluding tert-OH is 1. The highest BCUT2D eigenvalue weighted by Gasteiger charge is 2.06. The lowest BCUT2D eigenvalue weighted by molar-refractivity contribution is 0.281. The van der Waals surface area contributed by atoms with Crippen LogP contribution in [0.5, 0.6) is 0 Å². The molecule has 0 aliphatic carbocycles. The van der Waals surface area contributed by atoms with Crippen LogP contribution in [0, 0.1) is 13.8 Å². The molecule has 1 N–H and O–H groups in total. The van der Waals surface area contributed by atoms with Gasteiger partial charge in [0.15, 0.2) is 0 Å². The van der Waals surface area contributed by atoms with E-state index in [1.165, 1.54) is 16.7 Å². The molecule has 0 saturated heterocycles. The Morgan fingerprint density at radius 1 is 1.15 bits per heavy atom. The molecule has 1 heteroatoms. The molecular weight excluding hydrogens is 160 g/mol. The topological polar surface area (TPSA) is 20.2 Å². The van der Waals surface area contributed by atoms with Crippen LogP contribution in [-0.4, -0.2) is 5.11 Å². The van der Waals surface area contributed by atoms with E-state index in [4.69, 9.17) is 5.11 Å². The van der Waals surface area contributed by atoms with Gasteiger partial charge < -0.3 is 5.11 Å². The fourth-order valence-electron chi connectivity index (χ4n) is 1.71. The second-order valence-corrected chi connectivity index (χ2v) is 3.95. The fourth-order valence-corrected chi connectivity index (χ4v) is 1.71. The van der Waals surface area contributed by atoms with Gasteiger partial charge in [0.05, 0.1) is 6.61 Å². The Labute approximate surface area is 80.4 Å². The van der Waals surface area contributed by atoms with Gasteiger partial charge in [-0.05, 0) is 42.0 Å². The zero-order chi connectivity index (χ0) is 10.0. The van der Waals surface area contributed by atoms with E-state index in [1.54, 1.807) is 0 Å². The van der Waals surface area contributed by atoms with Crippen LogP contribution < -0.4 is 0 Å². The first-order valence-corrected chi connectivity index (χ1v) is 4.77. The molecule has 0 fully saturated rings. The Balaban J connectivity index is 3.22. The summed E-state index contributed by atoms with van der Waals surface area (Å²) in [7, 11) is 0. The van der Waals surface area contributed by atoms with Gasteiger partial charge in [0.1, 0.15) is 0 Å². The van der Waals surface area contributed by atoms with Gasteiger partial charge in [-0.25, -0.2) is 0 Å². The van der Waals surface area contributed by atoms with E-state index >= 15 is 0 Å². The van der Waals surface area contributed by atoms with Gasteiger partial charge in [-0.2, -0.15) is 0 Å². The number of aryl methyl sites for hydroxylation is 2. The van der Waals surface area contributed by atoms with Gasteiger partial charge in [0.25, 0.3) is 0 Å². The summed E-state index contributed by atoms with van der Waals surface area (Å²) in [6, 6.07) is 4.27. The lowest BCUT2D eigenvalue weighted by Crippen LogP contribution is -1.97. The summed E-state index contributed by atoms with van der Waals surface area (Å²) in [5, 5.41) is 9.12. The van der Waals surface area contributed by atoms with Crippen LogP contribution in [0.25, 0.3) is 0 Å². The summed E-state index contributed by atoms with van der Waals surface area (Å²) < 4.78 is 0. The minimum absolute atomic E-state index is 0.145. The lowest BCUT2D eigenvalue weighted by atomic mass is 9.93. The molecule has 1 nitrogen and oxygen atoms in total. The first-order chi connectivity index (χ1) is 6.06. The van der Waals surface area contributed by atoms with Crippen molar-refractivity contribution in [3.63, 3.8) is 0 Å². The zero-order valence-electron chi connectivity index (χ0n) is 8.89. The van der Waals surface area contributed by atoms with Gasteiger partial charge in [0.2, 0.25) is 0 Å². The van der Waals surface area contributed by atoms with Gasteiger partial charge in [0, 0.05) is 0 Å². The molecule has 0 heterocycles. The van der Waals surface area contributed by atoms with E-state index < -0.39 is 0 Å². The molecule has 0 atom stereocenters. The Kier molecular flexibility index (Phi) is 3.10. The molecule has 0 radical (unpaired) electrons. The molecule has 0 aliphatic rings. The zero-order valence-corrected chi connectivity index (χ0v) is 8.89. The second kappa shape index (κ2) is 3.93.